The largest absolute Gasteiger partial charge is 0.322 e. The summed E-state index contributed by atoms with van der Waals surface area (Å²) in [6.07, 6.45) is 5.06. The minimum atomic E-state index is -0.192. The Kier molecular flexibility index (Phi) is 6.66. The topological polar surface area (TPSA) is 32.3 Å². The fourth-order valence-electron chi connectivity index (χ4n) is 2.81. The van der Waals surface area contributed by atoms with E-state index in [1.165, 1.54) is 31.7 Å². The zero-order chi connectivity index (χ0) is 16.3. The van der Waals surface area contributed by atoms with Gasteiger partial charge in [0.2, 0.25) is 5.91 Å². The van der Waals surface area contributed by atoms with Crippen molar-refractivity contribution >= 4 is 58.0 Å². The minimum Gasteiger partial charge on any atom is -0.322 e. The van der Waals surface area contributed by atoms with Crippen LogP contribution >= 0.6 is 46.4 Å². The van der Waals surface area contributed by atoms with Crippen LogP contribution in [-0.4, -0.2) is 30.9 Å². The Balaban J connectivity index is 1.97. The average Bonchev–Trinajstić information content (AvgIpc) is 2.94. The van der Waals surface area contributed by atoms with Crippen molar-refractivity contribution in [3.05, 3.63) is 26.2 Å². The first-order chi connectivity index (χ1) is 10.4. The molecule has 1 aliphatic rings. The lowest BCUT2D eigenvalue weighted by molar-refractivity contribution is -0.117. The summed E-state index contributed by atoms with van der Waals surface area (Å²) >= 11 is 24.1. The Labute approximate surface area is 150 Å². The highest BCUT2D eigenvalue weighted by atomic mass is 35.5. The second kappa shape index (κ2) is 8.07. The molecule has 0 aromatic heterocycles. The smallest absolute Gasteiger partial charge is 0.238 e. The Bertz CT molecular complexity index is 533. The third-order valence-corrected chi connectivity index (χ3v) is 5.41. The fourth-order valence-corrected chi connectivity index (χ4v) is 3.71. The highest BCUT2D eigenvalue weighted by Gasteiger charge is 2.20. The predicted octanol–water partition coefficient (Wildman–Crippen LogP) is 5.36. The molecule has 22 heavy (non-hydrogen) atoms. The van der Waals surface area contributed by atoms with Gasteiger partial charge in [-0.25, -0.2) is 0 Å². The number of hydrogen-bond acceptors (Lipinski definition) is 2. The second-order valence-electron chi connectivity index (χ2n) is 5.74. The number of nitrogens with zero attached hydrogens (tertiary/aromatic N) is 1. The van der Waals surface area contributed by atoms with Crippen LogP contribution in [0.25, 0.3) is 0 Å². The molecule has 2 rings (SSSR count). The third-order valence-electron chi connectivity index (χ3n) is 3.83. The van der Waals surface area contributed by atoms with Gasteiger partial charge in [0.1, 0.15) is 0 Å². The van der Waals surface area contributed by atoms with Crippen molar-refractivity contribution < 1.29 is 4.79 Å². The molecule has 0 saturated heterocycles. The second-order valence-corrected chi connectivity index (χ2v) is 7.31. The molecule has 122 valence electrons. The van der Waals surface area contributed by atoms with Crippen LogP contribution in [0.4, 0.5) is 5.69 Å². The van der Waals surface area contributed by atoms with E-state index >= 15 is 0 Å². The molecular weight excluding hydrogens is 366 g/mol. The predicted molar refractivity (Wildman–Crippen MR) is 94.6 cm³/mol. The maximum Gasteiger partial charge on any atom is 0.238 e. The van der Waals surface area contributed by atoms with Gasteiger partial charge in [-0.3, -0.25) is 9.69 Å². The van der Waals surface area contributed by atoms with Crippen molar-refractivity contribution in [3.8, 4) is 0 Å². The number of likely N-dealkylation sites (N-methyl/N-ethyl adjacent to an activating group) is 1. The van der Waals surface area contributed by atoms with Crippen LogP contribution in [0.1, 0.15) is 25.7 Å². The van der Waals surface area contributed by atoms with E-state index in [4.69, 9.17) is 46.4 Å². The van der Waals surface area contributed by atoms with Gasteiger partial charge in [-0.2, -0.15) is 0 Å². The molecule has 1 aliphatic carbocycles. The molecule has 0 unspecified atom stereocenters. The van der Waals surface area contributed by atoms with E-state index in [-0.39, 0.29) is 38.2 Å². The fraction of sp³-hybridized carbons (Fsp3) is 0.533. The number of anilines is 1. The van der Waals surface area contributed by atoms with Crippen LogP contribution in [0.15, 0.2) is 6.07 Å². The van der Waals surface area contributed by atoms with Crippen LogP contribution in [-0.2, 0) is 4.79 Å². The zero-order valence-corrected chi connectivity index (χ0v) is 15.3. The molecule has 0 spiro atoms. The lowest BCUT2D eigenvalue weighted by Gasteiger charge is -2.20. The van der Waals surface area contributed by atoms with E-state index in [1.807, 2.05) is 11.9 Å². The number of hydrogen-bond donors (Lipinski definition) is 1. The van der Waals surface area contributed by atoms with E-state index in [0.717, 1.165) is 6.54 Å². The standard InChI is InChI=1S/C15H18Cl4N2O/c1-21(7-9-4-2-3-5-9)8-12(22)20-15-13(18)10(16)6-11(17)14(15)19/h6,9H,2-5,7-8H2,1H3,(H,20,22). The number of rotatable bonds is 5. The number of carbonyl (C=O) groups is 1. The molecule has 7 heteroatoms. The van der Waals surface area contributed by atoms with E-state index in [0.29, 0.717) is 5.92 Å². The first-order valence-corrected chi connectivity index (χ1v) is 8.71. The van der Waals surface area contributed by atoms with Crippen LogP contribution < -0.4 is 5.32 Å². The van der Waals surface area contributed by atoms with Gasteiger partial charge < -0.3 is 5.32 Å². The Morgan fingerprint density at radius 1 is 1.18 bits per heavy atom. The third kappa shape index (κ3) is 4.65. The van der Waals surface area contributed by atoms with Gasteiger partial charge in [0.05, 0.1) is 32.3 Å². The van der Waals surface area contributed by atoms with Crippen molar-refractivity contribution in [1.82, 2.24) is 4.90 Å². The monoisotopic (exact) mass is 382 g/mol. The number of halogens is 4. The molecule has 1 N–H and O–H groups in total. The van der Waals surface area contributed by atoms with Gasteiger partial charge in [0, 0.05) is 6.54 Å². The summed E-state index contributed by atoms with van der Waals surface area (Å²) in [5.74, 6) is 0.494. The molecule has 1 aromatic carbocycles. The molecule has 1 amide bonds. The minimum absolute atomic E-state index is 0.192. The molecular formula is C15H18Cl4N2O. The van der Waals surface area contributed by atoms with Crippen molar-refractivity contribution in [1.29, 1.82) is 0 Å². The summed E-state index contributed by atoms with van der Waals surface area (Å²) in [5.41, 5.74) is 0.264. The normalized spacial score (nSPS) is 15.5. The molecule has 0 radical (unpaired) electrons. The van der Waals surface area contributed by atoms with Gasteiger partial charge in [0.15, 0.2) is 0 Å². The SMILES string of the molecule is CN(CC(=O)Nc1c(Cl)c(Cl)cc(Cl)c1Cl)CC1CCCC1. The zero-order valence-electron chi connectivity index (χ0n) is 12.3. The lowest BCUT2D eigenvalue weighted by Crippen LogP contribution is -2.33. The van der Waals surface area contributed by atoms with E-state index < -0.39 is 0 Å². The molecule has 1 aromatic rings. The van der Waals surface area contributed by atoms with Crippen LogP contribution in [0.3, 0.4) is 0 Å². The van der Waals surface area contributed by atoms with Gasteiger partial charge in [-0.1, -0.05) is 59.2 Å². The molecule has 1 saturated carbocycles. The quantitative estimate of drug-likeness (QED) is 0.694. The molecule has 0 atom stereocenters. The van der Waals surface area contributed by atoms with Crippen LogP contribution in [0.2, 0.25) is 20.1 Å². The summed E-state index contributed by atoms with van der Waals surface area (Å²) in [6, 6.07) is 1.45. The number of amides is 1. The van der Waals surface area contributed by atoms with E-state index in [2.05, 4.69) is 5.32 Å². The molecule has 0 heterocycles. The summed E-state index contributed by atoms with van der Waals surface area (Å²) < 4.78 is 0. The Hall–Kier alpha value is -0.190. The van der Waals surface area contributed by atoms with Crippen molar-refractivity contribution in [3.63, 3.8) is 0 Å². The maximum atomic E-state index is 12.2. The summed E-state index contributed by atoms with van der Waals surface area (Å²) in [5, 5.41) is 3.61. The molecule has 1 fully saturated rings. The van der Waals surface area contributed by atoms with Gasteiger partial charge >= 0.3 is 0 Å². The highest BCUT2D eigenvalue weighted by molar-refractivity contribution is 6.50. The van der Waals surface area contributed by atoms with Gasteiger partial charge in [-0.15, -0.1) is 0 Å². The summed E-state index contributed by atoms with van der Waals surface area (Å²) in [6.45, 7) is 1.19. The first-order valence-electron chi connectivity index (χ1n) is 7.20. The highest BCUT2D eigenvalue weighted by Crippen LogP contribution is 2.41. The van der Waals surface area contributed by atoms with Gasteiger partial charge in [0.25, 0.3) is 0 Å². The summed E-state index contributed by atoms with van der Waals surface area (Å²) in [7, 11) is 1.94. The Morgan fingerprint density at radius 3 is 2.27 bits per heavy atom. The first kappa shape index (κ1) is 18.2. The maximum absolute atomic E-state index is 12.2. The molecule has 0 bridgehead atoms. The molecule has 3 nitrogen and oxygen atoms in total. The molecule has 0 aliphatic heterocycles. The van der Waals surface area contributed by atoms with Crippen molar-refractivity contribution in [2.75, 3.05) is 25.5 Å². The number of benzene rings is 1. The Morgan fingerprint density at radius 2 is 1.73 bits per heavy atom. The van der Waals surface area contributed by atoms with Crippen LogP contribution in [0, 0.1) is 5.92 Å². The van der Waals surface area contributed by atoms with Gasteiger partial charge in [-0.05, 0) is 31.9 Å². The number of nitrogens with one attached hydrogen (secondary N) is 1. The van der Waals surface area contributed by atoms with Crippen molar-refractivity contribution in [2.24, 2.45) is 5.92 Å². The van der Waals surface area contributed by atoms with E-state index in [1.54, 1.807) is 0 Å². The van der Waals surface area contributed by atoms with Crippen LogP contribution in [0.5, 0.6) is 0 Å². The number of carbonyl (C=O) groups excluding carboxylic acids is 1. The van der Waals surface area contributed by atoms with Crippen molar-refractivity contribution in [2.45, 2.75) is 25.7 Å². The lowest BCUT2D eigenvalue weighted by atomic mass is 10.1. The van der Waals surface area contributed by atoms with E-state index in [9.17, 15) is 4.79 Å². The average molecular weight is 384 g/mol. The summed E-state index contributed by atoms with van der Waals surface area (Å²) in [4.78, 5) is 14.2.